The maximum Gasteiger partial charge on any atom is 0.272 e. The normalized spacial score (nSPS) is 10.2. The van der Waals surface area contributed by atoms with Gasteiger partial charge >= 0.3 is 0 Å². The van der Waals surface area contributed by atoms with Crippen LogP contribution < -0.4 is 10.5 Å². The highest BCUT2D eigenvalue weighted by atomic mass is 16.5. The van der Waals surface area contributed by atoms with Gasteiger partial charge in [-0.25, -0.2) is 4.98 Å². The number of nitrogen functional groups attached to an aromatic ring is 1. The smallest absolute Gasteiger partial charge is 0.272 e. The molecule has 0 aliphatic rings. The predicted octanol–water partition coefficient (Wildman–Crippen LogP) is 2.33. The minimum absolute atomic E-state index is 0.103. The first-order chi connectivity index (χ1) is 10.1. The summed E-state index contributed by atoms with van der Waals surface area (Å²) in [5.41, 5.74) is 7.58. The van der Waals surface area contributed by atoms with Crippen LogP contribution in [0.1, 0.15) is 23.0 Å². The minimum Gasteiger partial charge on any atom is -0.497 e. The van der Waals surface area contributed by atoms with Crippen molar-refractivity contribution >= 4 is 11.6 Å². The van der Waals surface area contributed by atoms with E-state index >= 15 is 0 Å². The molecule has 0 atom stereocenters. The van der Waals surface area contributed by atoms with E-state index in [9.17, 15) is 4.79 Å². The molecular formula is C16H19N3O2. The Morgan fingerprint density at radius 1 is 1.24 bits per heavy atom. The lowest BCUT2D eigenvalue weighted by atomic mass is 10.2. The first kappa shape index (κ1) is 14.8. The number of nitrogens with two attached hydrogens (primary N) is 1. The SMILES string of the molecule is CCN(Cc1ccc(OC)cc1)C(=O)c1ccc(N)cn1. The molecule has 21 heavy (non-hydrogen) atoms. The Labute approximate surface area is 124 Å². The van der Waals surface area contributed by atoms with Crippen LogP contribution in [0.2, 0.25) is 0 Å². The van der Waals surface area contributed by atoms with Crippen LogP contribution in [0.15, 0.2) is 42.6 Å². The summed E-state index contributed by atoms with van der Waals surface area (Å²) >= 11 is 0. The van der Waals surface area contributed by atoms with Crippen molar-refractivity contribution in [1.82, 2.24) is 9.88 Å². The van der Waals surface area contributed by atoms with Crippen molar-refractivity contribution in [2.24, 2.45) is 0 Å². The molecule has 1 amide bonds. The Hall–Kier alpha value is -2.56. The quantitative estimate of drug-likeness (QED) is 0.915. The number of carbonyl (C=O) groups is 1. The Morgan fingerprint density at radius 2 is 1.95 bits per heavy atom. The van der Waals surface area contributed by atoms with Gasteiger partial charge in [-0.1, -0.05) is 12.1 Å². The number of carbonyl (C=O) groups excluding carboxylic acids is 1. The third-order valence-electron chi connectivity index (χ3n) is 3.21. The predicted molar refractivity (Wildman–Crippen MR) is 82.1 cm³/mol. The number of benzene rings is 1. The third-order valence-corrected chi connectivity index (χ3v) is 3.21. The van der Waals surface area contributed by atoms with E-state index in [0.29, 0.717) is 24.5 Å². The number of hydrogen-bond acceptors (Lipinski definition) is 4. The number of amides is 1. The lowest BCUT2D eigenvalue weighted by molar-refractivity contribution is 0.0746. The minimum atomic E-state index is -0.103. The molecule has 5 heteroatoms. The van der Waals surface area contributed by atoms with E-state index in [0.717, 1.165) is 11.3 Å². The average Bonchev–Trinajstić information content (AvgIpc) is 2.53. The summed E-state index contributed by atoms with van der Waals surface area (Å²) in [5.74, 6) is 0.696. The van der Waals surface area contributed by atoms with E-state index in [4.69, 9.17) is 10.5 Å². The first-order valence-corrected chi connectivity index (χ1v) is 6.77. The van der Waals surface area contributed by atoms with E-state index in [2.05, 4.69) is 4.98 Å². The van der Waals surface area contributed by atoms with Crippen LogP contribution in [-0.2, 0) is 6.54 Å². The fraction of sp³-hybridized carbons (Fsp3) is 0.250. The van der Waals surface area contributed by atoms with Gasteiger partial charge in [0, 0.05) is 13.1 Å². The van der Waals surface area contributed by atoms with Crippen molar-refractivity contribution in [2.45, 2.75) is 13.5 Å². The van der Waals surface area contributed by atoms with Crippen LogP contribution in [0.3, 0.4) is 0 Å². The standard InChI is InChI=1S/C16H19N3O2/c1-3-19(11-12-4-7-14(21-2)8-5-12)16(20)15-9-6-13(17)10-18-15/h4-10H,3,11,17H2,1-2H3. The van der Waals surface area contributed by atoms with Crippen molar-refractivity contribution in [3.8, 4) is 5.75 Å². The molecule has 0 unspecified atom stereocenters. The highest BCUT2D eigenvalue weighted by Gasteiger charge is 2.15. The van der Waals surface area contributed by atoms with Gasteiger partial charge in [0.05, 0.1) is 19.0 Å². The van der Waals surface area contributed by atoms with E-state index in [1.54, 1.807) is 24.1 Å². The number of pyridine rings is 1. The number of rotatable bonds is 5. The molecule has 0 fully saturated rings. The molecule has 2 rings (SSSR count). The highest BCUT2D eigenvalue weighted by molar-refractivity contribution is 5.92. The zero-order valence-corrected chi connectivity index (χ0v) is 12.2. The van der Waals surface area contributed by atoms with Gasteiger partial charge in [0.15, 0.2) is 0 Å². The molecule has 0 aliphatic carbocycles. The molecule has 0 saturated carbocycles. The van der Waals surface area contributed by atoms with Gasteiger partial charge in [-0.3, -0.25) is 4.79 Å². The summed E-state index contributed by atoms with van der Waals surface area (Å²) in [4.78, 5) is 18.2. The van der Waals surface area contributed by atoms with Crippen molar-refractivity contribution < 1.29 is 9.53 Å². The maximum atomic E-state index is 12.4. The van der Waals surface area contributed by atoms with Crippen molar-refractivity contribution in [2.75, 3.05) is 19.4 Å². The molecule has 110 valence electrons. The van der Waals surface area contributed by atoms with Gasteiger partial charge in [0.2, 0.25) is 0 Å². The second-order valence-electron chi connectivity index (χ2n) is 4.64. The topological polar surface area (TPSA) is 68.5 Å². The molecule has 1 aromatic heterocycles. The number of anilines is 1. The third kappa shape index (κ3) is 3.72. The highest BCUT2D eigenvalue weighted by Crippen LogP contribution is 2.14. The number of aromatic nitrogens is 1. The molecule has 5 nitrogen and oxygen atoms in total. The number of methoxy groups -OCH3 is 1. The van der Waals surface area contributed by atoms with Crippen LogP contribution in [0, 0.1) is 0 Å². The first-order valence-electron chi connectivity index (χ1n) is 6.77. The largest absolute Gasteiger partial charge is 0.497 e. The number of hydrogen-bond donors (Lipinski definition) is 1. The Balaban J connectivity index is 2.11. The molecule has 0 saturated heterocycles. The van der Waals surface area contributed by atoms with Gasteiger partial charge in [-0.05, 0) is 36.8 Å². The maximum absolute atomic E-state index is 12.4. The van der Waals surface area contributed by atoms with E-state index in [-0.39, 0.29) is 5.91 Å². The fourth-order valence-corrected chi connectivity index (χ4v) is 1.97. The van der Waals surface area contributed by atoms with Gasteiger partial charge in [0.1, 0.15) is 11.4 Å². The second-order valence-corrected chi connectivity index (χ2v) is 4.64. The lowest BCUT2D eigenvalue weighted by Gasteiger charge is -2.20. The average molecular weight is 285 g/mol. The van der Waals surface area contributed by atoms with Crippen molar-refractivity contribution in [3.63, 3.8) is 0 Å². The van der Waals surface area contributed by atoms with Gasteiger partial charge in [0.25, 0.3) is 5.91 Å². The lowest BCUT2D eigenvalue weighted by Crippen LogP contribution is -2.30. The summed E-state index contributed by atoms with van der Waals surface area (Å²) < 4.78 is 5.13. The monoisotopic (exact) mass is 285 g/mol. The summed E-state index contributed by atoms with van der Waals surface area (Å²) in [6, 6.07) is 11.0. The molecule has 0 spiro atoms. The van der Waals surface area contributed by atoms with E-state index < -0.39 is 0 Å². The van der Waals surface area contributed by atoms with Gasteiger partial charge in [-0.15, -0.1) is 0 Å². The van der Waals surface area contributed by atoms with Crippen molar-refractivity contribution in [1.29, 1.82) is 0 Å². The molecule has 0 aliphatic heterocycles. The number of ether oxygens (including phenoxy) is 1. The molecule has 0 bridgehead atoms. The van der Waals surface area contributed by atoms with Gasteiger partial charge in [-0.2, -0.15) is 0 Å². The van der Waals surface area contributed by atoms with E-state index in [1.807, 2.05) is 31.2 Å². The molecule has 0 radical (unpaired) electrons. The summed E-state index contributed by atoms with van der Waals surface area (Å²) in [6.45, 7) is 3.08. The van der Waals surface area contributed by atoms with Crippen LogP contribution in [0.4, 0.5) is 5.69 Å². The summed E-state index contributed by atoms with van der Waals surface area (Å²) in [5, 5.41) is 0. The van der Waals surface area contributed by atoms with Crippen molar-refractivity contribution in [3.05, 3.63) is 53.9 Å². The second kappa shape index (κ2) is 6.74. The fourth-order valence-electron chi connectivity index (χ4n) is 1.97. The Morgan fingerprint density at radius 3 is 2.48 bits per heavy atom. The van der Waals surface area contributed by atoms with Crippen LogP contribution >= 0.6 is 0 Å². The zero-order chi connectivity index (χ0) is 15.2. The Kier molecular flexibility index (Phi) is 4.77. The van der Waals surface area contributed by atoms with Gasteiger partial charge < -0.3 is 15.4 Å². The van der Waals surface area contributed by atoms with Crippen LogP contribution in [0.5, 0.6) is 5.75 Å². The molecule has 2 N–H and O–H groups in total. The zero-order valence-electron chi connectivity index (χ0n) is 12.2. The Bertz CT molecular complexity index is 594. The summed E-state index contributed by atoms with van der Waals surface area (Å²) in [7, 11) is 1.63. The number of nitrogens with zero attached hydrogens (tertiary/aromatic N) is 2. The van der Waals surface area contributed by atoms with E-state index in [1.165, 1.54) is 6.20 Å². The van der Waals surface area contributed by atoms with Crippen LogP contribution in [-0.4, -0.2) is 29.4 Å². The molecule has 1 heterocycles. The molecule has 2 aromatic rings. The molecule has 1 aromatic carbocycles. The summed E-state index contributed by atoms with van der Waals surface area (Å²) in [6.07, 6.45) is 1.49. The van der Waals surface area contributed by atoms with Crippen LogP contribution in [0.25, 0.3) is 0 Å². The molecular weight excluding hydrogens is 266 g/mol.